The molecular weight excluding hydrogens is 394 g/mol. The van der Waals surface area contributed by atoms with Gasteiger partial charge in [-0.15, -0.1) is 11.3 Å². The number of carbonyl (C=O) groups is 3. The van der Waals surface area contributed by atoms with Gasteiger partial charge in [0.2, 0.25) is 11.8 Å². The van der Waals surface area contributed by atoms with Crippen LogP contribution in [0.5, 0.6) is 0 Å². The first-order valence-electron chi connectivity index (χ1n) is 7.12. The topological polar surface area (TPSA) is 87.3 Å². The van der Waals surface area contributed by atoms with Crippen molar-refractivity contribution in [3.8, 4) is 0 Å². The van der Waals surface area contributed by atoms with E-state index in [1.165, 1.54) is 18.3 Å². The van der Waals surface area contributed by atoms with Crippen molar-refractivity contribution in [3.05, 3.63) is 56.7 Å². The molecule has 2 aromatic rings. The molecule has 8 heteroatoms. The summed E-state index contributed by atoms with van der Waals surface area (Å²) in [5, 5.41) is 2.73. The number of rotatable bonds is 5. The molecule has 0 spiro atoms. The van der Waals surface area contributed by atoms with Gasteiger partial charge in [0.15, 0.2) is 0 Å². The minimum atomic E-state index is -0.462. The number of amides is 3. The molecule has 0 bridgehead atoms. The summed E-state index contributed by atoms with van der Waals surface area (Å²) in [7, 11) is 0. The molecule has 1 aromatic heterocycles. The zero-order valence-electron chi connectivity index (χ0n) is 12.8. The van der Waals surface area contributed by atoms with Crippen LogP contribution in [-0.2, 0) is 9.59 Å². The van der Waals surface area contributed by atoms with Crippen molar-refractivity contribution in [3.63, 3.8) is 0 Å². The van der Waals surface area contributed by atoms with Gasteiger partial charge >= 0.3 is 0 Å². The lowest BCUT2D eigenvalue weighted by Gasteiger charge is -2.18. The molecule has 1 unspecified atom stereocenters. The summed E-state index contributed by atoms with van der Waals surface area (Å²) in [6, 6.07) is 12.1. The number of benzene rings is 1. The maximum absolute atomic E-state index is 12.1. The summed E-state index contributed by atoms with van der Waals surface area (Å²) in [6.07, 6.45) is 0.0119. The van der Waals surface area contributed by atoms with Crippen molar-refractivity contribution in [2.75, 3.05) is 0 Å². The van der Waals surface area contributed by atoms with Gasteiger partial charge in [-0.25, -0.2) is 0 Å². The van der Waals surface area contributed by atoms with Crippen molar-refractivity contribution in [1.29, 1.82) is 0 Å². The Morgan fingerprint density at radius 2 is 1.79 bits per heavy atom. The third-order valence-corrected chi connectivity index (χ3v) is 4.70. The highest BCUT2D eigenvalue weighted by Gasteiger charge is 2.17. The van der Waals surface area contributed by atoms with Crippen LogP contribution in [0.4, 0.5) is 0 Å². The molecule has 126 valence electrons. The average molecular weight is 410 g/mol. The Kier molecular flexibility index (Phi) is 6.51. The van der Waals surface area contributed by atoms with Gasteiger partial charge in [-0.2, -0.15) is 0 Å². The van der Waals surface area contributed by atoms with Crippen LogP contribution < -0.4 is 16.2 Å². The molecule has 6 nitrogen and oxygen atoms in total. The second-order valence-corrected chi connectivity index (χ2v) is 7.44. The van der Waals surface area contributed by atoms with E-state index in [4.69, 9.17) is 0 Å². The molecule has 1 heterocycles. The van der Waals surface area contributed by atoms with Crippen LogP contribution in [0.25, 0.3) is 0 Å². The number of thiophene rings is 1. The van der Waals surface area contributed by atoms with E-state index in [9.17, 15) is 14.4 Å². The van der Waals surface area contributed by atoms with E-state index in [1.807, 2.05) is 30.3 Å². The smallest absolute Gasteiger partial charge is 0.279 e. The van der Waals surface area contributed by atoms with Crippen LogP contribution in [0.1, 0.15) is 34.6 Å². The lowest BCUT2D eigenvalue weighted by atomic mass is 10.0. The second kappa shape index (κ2) is 8.60. The standard InChI is InChI=1S/C16H16BrN3O3S/c1-10(21)18-12(11-5-3-2-4-6-11)9-15(22)19-20-16(23)13-7-8-14(17)24-13/h2-8,12H,9H2,1H3,(H,18,21)(H,19,22)(H,20,23). The molecule has 3 amide bonds. The highest BCUT2D eigenvalue weighted by atomic mass is 79.9. The second-order valence-electron chi connectivity index (χ2n) is 4.97. The fourth-order valence-electron chi connectivity index (χ4n) is 2.04. The van der Waals surface area contributed by atoms with Crippen LogP contribution in [0.2, 0.25) is 0 Å². The van der Waals surface area contributed by atoms with E-state index in [0.717, 1.165) is 9.35 Å². The minimum Gasteiger partial charge on any atom is -0.349 e. The normalized spacial score (nSPS) is 11.4. The van der Waals surface area contributed by atoms with Gasteiger partial charge < -0.3 is 5.32 Å². The largest absolute Gasteiger partial charge is 0.349 e. The van der Waals surface area contributed by atoms with E-state index < -0.39 is 17.9 Å². The lowest BCUT2D eigenvalue weighted by Crippen LogP contribution is -2.43. The summed E-state index contributed by atoms with van der Waals surface area (Å²) in [4.78, 5) is 35.8. The molecule has 2 rings (SSSR count). The number of carbonyl (C=O) groups excluding carboxylic acids is 3. The highest BCUT2D eigenvalue weighted by molar-refractivity contribution is 9.11. The summed E-state index contributed by atoms with van der Waals surface area (Å²) >= 11 is 4.54. The molecular formula is C16H16BrN3O3S. The SMILES string of the molecule is CC(=O)NC(CC(=O)NNC(=O)c1ccc(Br)s1)c1ccccc1. The first kappa shape index (κ1) is 18.2. The summed E-state index contributed by atoms with van der Waals surface area (Å²) in [6.45, 7) is 1.39. The predicted octanol–water partition coefficient (Wildman–Crippen LogP) is 2.54. The molecule has 24 heavy (non-hydrogen) atoms. The average Bonchev–Trinajstić information content (AvgIpc) is 2.99. The molecule has 0 saturated heterocycles. The Labute approximate surface area is 151 Å². The number of nitrogens with one attached hydrogen (secondary N) is 3. The molecule has 0 saturated carbocycles. The van der Waals surface area contributed by atoms with Crippen LogP contribution in [0.3, 0.4) is 0 Å². The highest BCUT2D eigenvalue weighted by Crippen LogP contribution is 2.21. The third kappa shape index (κ3) is 5.47. The molecule has 0 aliphatic rings. The Balaban J connectivity index is 1.93. The van der Waals surface area contributed by atoms with Gasteiger partial charge in [-0.1, -0.05) is 30.3 Å². The van der Waals surface area contributed by atoms with Crippen molar-refractivity contribution in [2.45, 2.75) is 19.4 Å². The third-order valence-electron chi connectivity index (χ3n) is 3.08. The van der Waals surface area contributed by atoms with Gasteiger partial charge in [-0.3, -0.25) is 25.2 Å². The fourth-order valence-corrected chi connectivity index (χ4v) is 3.33. The van der Waals surface area contributed by atoms with Gasteiger partial charge in [0.05, 0.1) is 21.1 Å². The maximum Gasteiger partial charge on any atom is 0.279 e. The quantitative estimate of drug-likeness (QED) is 0.663. The minimum absolute atomic E-state index is 0.0119. The Bertz CT molecular complexity index is 733. The van der Waals surface area contributed by atoms with Gasteiger partial charge in [-0.05, 0) is 33.6 Å². The van der Waals surface area contributed by atoms with Gasteiger partial charge in [0, 0.05) is 6.92 Å². The van der Waals surface area contributed by atoms with Crippen molar-refractivity contribution in [1.82, 2.24) is 16.2 Å². The first-order chi connectivity index (χ1) is 11.5. The molecule has 1 atom stereocenters. The van der Waals surface area contributed by atoms with Crippen molar-refractivity contribution >= 4 is 45.0 Å². The number of hydrazine groups is 1. The molecule has 3 N–H and O–H groups in total. The van der Waals surface area contributed by atoms with E-state index in [0.29, 0.717) is 4.88 Å². The van der Waals surface area contributed by atoms with E-state index in [1.54, 1.807) is 12.1 Å². The summed E-state index contributed by atoms with van der Waals surface area (Å²) in [5.74, 6) is -1.03. The predicted molar refractivity (Wildman–Crippen MR) is 95.2 cm³/mol. The lowest BCUT2D eigenvalue weighted by molar-refractivity contribution is -0.123. The maximum atomic E-state index is 12.1. The number of hydrogen-bond donors (Lipinski definition) is 3. The Morgan fingerprint density at radius 1 is 1.08 bits per heavy atom. The molecule has 0 aliphatic carbocycles. The van der Waals surface area contributed by atoms with E-state index in [-0.39, 0.29) is 12.3 Å². The van der Waals surface area contributed by atoms with E-state index in [2.05, 4.69) is 32.1 Å². The van der Waals surface area contributed by atoms with Crippen LogP contribution in [-0.4, -0.2) is 17.7 Å². The van der Waals surface area contributed by atoms with Crippen molar-refractivity contribution in [2.24, 2.45) is 0 Å². The first-order valence-corrected chi connectivity index (χ1v) is 8.73. The molecule has 0 fully saturated rings. The van der Waals surface area contributed by atoms with Crippen molar-refractivity contribution < 1.29 is 14.4 Å². The number of halogens is 1. The zero-order chi connectivity index (χ0) is 17.5. The monoisotopic (exact) mass is 409 g/mol. The molecule has 0 radical (unpaired) electrons. The van der Waals surface area contributed by atoms with Crippen LogP contribution in [0, 0.1) is 0 Å². The Hall–Kier alpha value is -2.19. The van der Waals surface area contributed by atoms with E-state index >= 15 is 0 Å². The fraction of sp³-hybridized carbons (Fsp3) is 0.188. The molecule has 0 aliphatic heterocycles. The molecule has 1 aromatic carbocycles. The van der Waals surface area contributed by atoms with Crippen LogP contribution in [0.15, 0.2) is 46.3 Å². The van der Waals surface area contributed by atoms with Gasteiger partial charge in [0.25, 0.3) is 5.91 Å². The summed E-state index contributed by atoms with van der Waals surface area (Å²) < 4.78 is 0.828. The zero-order valence-corrected chi connectivity index (χ0v) is 15.2. The Morgan fingerprint density at radius 3 is 2.38 bits per heavy atom. The van der Waals surface area contributed by atoms with Crippen LogP contribution >= 0.6 is 27.3 Å². The summed E-state index contributed by atoms with van der Waals surface area (Å²) in [5.41, 5.74) is 5.54. The van der Waals surface area contributed by atoms with Gasteiger partial charge in [0.1, 0.15) is 0 Å². The number of hydrogen-bond acceptors (Lipinski definition) is 4.